The average molecular weight is 486 g/mol. The van der Waals surface area contributed by atoms with Gasteiger partial charge in [0.1, 0.15) is 33.4 Å². The summed E-state index contributed by atoms with van der Waals surface area (Å²) in [6, 6.07) is 3.08. The standard InChI is InChI=1S/C23H35NO8S/c1-14-8-9-19(26)22(28)18(25)7-4-6-16-12-17(24-10-5-11-33(3,30)31)13-20(27)21(16)23(29)32-15(14)2/h12-15,18,22,24-25,27-28H,4-11H2,1-3H3/t14-,15+,18+,22+/m1/s1. The molecule has 1 heterocycles. The molecule has 0 aliphatic carbocycles. The third-order valence-corrected chi connectivity index (χ3v) is 7.04. The van der Waals surface area contributed by atoms with Crippen molar-refractivity contribution in [3.63, 3.8) is 0 Å². The van der Waals surface area contributed by atoms with E-state index < -0.39 is 39.9 Å². The van der Waals surface area contributed by atoms with Crippen LogP contribution in [0.25, 0.3) is 0 Å². The topological polar surface area (TPSA) is 150 Å². The van der Waals surface area contributed by atoms with E-state index in [1.165, 1.54) is 6.07 Å². The zero-order chi connectivity index (χ0) is 24.8. The van der Waals surface area contributed by atoms with Gasteiger partial charge < -0.3 is 25.4 Å². The number of nitrogens with one attached hydrogen (secondary N) is 1. The first-order valence-electron chi connectivity index (χ1n) is 11.3. The van der Waals surface area contributed by atoms with Crippen LogP contribution < -0.4 is 5.32 Å². The number of ketones is 1. The lowest BCUT2D eigenvalue weighted by atomic mass is 9.93. The fourth-order valence-corrected chi connectivity index (χ4v) is 4.43. The van der Waals surface area contributed by atoms with Crippen molar-refractivity contribution in [2.24, 2.45) is 5.92 Å². The highest BCUT2D eigenvalue weighted by atomic mass is 32.2. The smallest absolute Gasteiger partial charge is 0.342 e. The Morgan fingerprint density at radius 3 is 2.48 bits per heavy atom. The van der Waals surface area contributed by atoms with Crippen LogP contribution in [0.3, 0.4) is 0 Å². The summed E-state index contributed by atoms with van der Waals surface area (Å²) in [6.07, 6.45) is -0.430. The van der Waals surface area contributed by atoms with Crippen molar-refractivity contribution < 1.29 is 38.1 Å². The second kappa shape index (κ2) is 11.8. The largest absolute Gasteiger partial charge is 0.507 e. The van der Waals surface area contributed by atoms with Crippen LogP contribution in [0.4, 0.5) is 5.69 Å². The molecule has 0 fully saturated rings. The number of cyclic esters (lactones) is 1. The van der Waals surface area contributed by atoms with Crippen LogP contribution in [-0.2, 0) is 25.8 Å². The second-order valence-corrected chi connectivity index (χ2v) is 11.2. The zero-order valence-electron chi connectivity index (χ0n) is 19.4. The van der Waals surface area contributed by atoms with Crippen LogP contribution in [0, 0.1) is 5.92 Å². The molecular formula is C23H35NO8S. The lowest BCUT2D eigenvalue weighted by molar-refractivity contribution is -0.133. The molecule has 0 amide bonds. The number of carbonyl (C=O) groups excluding carboxylic acids is 2. The van der Waals surface area contributed by atoms with E-state index in [9.17, 15) is 33.3 Å². The maximum absolute atomic E-state index is 12.9. The summed E-state index contributed by atoms with van der Waals surface area (Å²) < 4.78 is 28.2. The van der Waals surface area contributed by atoms with Crippen LogP contribution in [0.15, 0.2) is 12.1 Å². The van der Waals surface area contributed by atoms with E-state index in [1.807, 2.05) is 6.92 Å². The summed E-state index contributed by atoms with van der Waals surface area (Å²) >= 11 is 0. The van der Waals surface area contributed by atoms with E-state index in [4.69, 9.17) is 4.74 Å². The van der Waals surface area contributed by atoms with Gasteiger partial charge in [0, 0.05) is 31.0 Å². The van der Waals surface area contributed by atoms with Gasteiger partial charge in [-0.3, -0.25) is 4.79 Å². The highest BCUT2D eigenvalue weighted by molar-refractivity contribution is 7.90. The molecule has 1 aliphatic heterocycles. The molecule has 1 aromatic rings. The van der Waals surface area contributed by atoms with Crippen LogP contribution >= 0.6 is 0 Å². The van der Waals surface area contributed by atoms with Crippen molar-refractivity contribution in [2.45, 2.75) is 70.7 Å². The first kappa shape index (κ1) is 27.1. The molecule has 0 bridgehead atoms. The van der Waals surface area contributed by atoms with E-state index in [-0.39, 0.29) is 35.8 Å². The quantitative estimate of drug-likeness (QED) is 0.362. The molecule has 186 valence electrons. The summed E-state index contributed by atoms with van der Waals surface area (Å²) in [7, 11) is -3.08. The van der Waals surface area contributed by atoms with Crippen LogP contribution in [0.5, 0.6) is 5.75 Å². The predicted molar refractivity (Wildman–Crippen MR) is 124 cm³/mol. The number of carbonyl (C=O) groups is 2. The molecule has 0 unspecified atom stereocenters. The van der Waals surface area contributed by atoms with Gasteiger partial charge in [-0.05, 0) is 56.6 Å². The molecule has 0 saturated carbocycles. The number of Topliss-reactive ketones (excluding diaryl/α,β-unsaturated/α-hetero) is 1. The molecule has 0 aromatic heterocycles. The molecule has 1 aliphatic rings. The highest BCUT2D eigenvalue weighted by Gasteiger charge is 2.28. The number of benzene rings is 1. The number of hydrogen-bond donors (Lipinski definition) is 4. The Kier molecular flexibility index (Phi) is 9.69. The lowest BCUT2D eigenvalue weighted by Crippen LogP contribution is -2.34. The lowest BCUT2D eigenvalue weighted by Gasteiger charge is -2.24. The Bertz CT molecular complexity index is 946. The number of phenols is 1. The molecule has 10 heteroatoms. The van der Waals surface area contributed by atoms with Crippen molar-refractivity contribution in [3.05, 3.63) is 23.3 Å². The number of fused-ring (bicyclic) bond motifs is 1. The molecule has 4 atom stereocenters. The van der Waals surface area contributed by atoms with Crippen LogP contribution in [-0.4, -0.2) is 72.4 Å². The van der Waals surface area contributed by atoms with Gasteiger partial charge in [0.15, 0.2) is 5.78 Å². The number of anilines is 1. The van der Waals surface area contributed by atoms with Crippen LogP contribution in [0.1, 0.15) is 61.9 Å². The number of aromatic hydroxyl groups is 1. The number of phenolic OH excluding ortho intramolecular Hbond substituents is 1. The van der Waals surface area contributed by atoms with Crippen molar-refractivity contribution in [1.29, 1.82) is 0 Å². The Labute approximate surface area is 195 Å². The summed E-state index contributed by atoms with van der Waals surface area (Å²) in [5.41, 5.74) is 1.06. The molecule has 0 spiro atoms. The van der Waals surface area contributed by atoms with Gasteiger partial charge in [-0.15, -0.1) is 0 Å². The Balaban J connectivity index is 2.28. The average Bonchev–Trinajstić information content (AvgIpc) is 2.72. The number of aryl methyl sites for hydroxylation is 1. The number of rotatable bonds is 5. The van der Waals surface area contributed by atoms with Crippen molar-refractivity contribution in [3.8, 4) is 5.75 Å². The first-order chi connectivity index (χ1) is 15.4. The number of esters is 1. The molecule has 4 N–H and O–H groups in total. The Morgan fingerprint density at radius 2 is 1.82 bits per heavy atom. The van der Waals surface area contributed by atoms with Crippen molar-refractivity contribution in [2.75, 3.05) is 23.9 Å². The normalized spacial score (nSPS) is 25.6. The Morgan fingerprint density at radius 1 is 1.12 bits per heavy atom. The SMILES string of the molecule is C[C@@H]1CCC(=O)[C@@H](O)[C@@H](O)CCCc2cc(NCCCS(C)(=O)=O)cc(O)c2C(=O)O[C@H]1C. The maximum atomic E-state index is 12.9. The zero-order valence-corrected chi connectivity index (χ0v) is 20.2. The molecule has 0 saturated heterocycles. The number of aliphatic hydroxyl groups is 2. The molecule has 9 nitrogen and oxygen atoms in total. The number of aliphatic hydroxyl groups excluding tert-OH is 2. The third kappa shape index (κ3) is 8.28. The van der Waals surface area contributed by atoms with E-state index in [0.717, 1.165) is 6.26 Å². The molecule has 2 rings (SSSR count). The minimum Gasteiger partial charge on any atom is -0.507 e. The molecular weight excluding hydrogens is 450 g/mol. The van der Waals surface area contributed by atoms with Gasteiger partial charge in [0.25, 0.3) is 0 Å². The number of sulfone groups is 1. The van der Waals surface area contributed by atoms with E-state index >= 15 is 0 Å². The van der Waals surface area contributed by atoms with E-state index in [1.54, 1.807) is 13.0 Å². The van der Waals surface area contributed by atoms with Gasteiger partial charge >= 0.3 is 5.97 Å². The maximum Gasteiger partial charge on any atom is 0.342 e. The summed E-state index contributed by atoms with van der Waals surface area (Å²) in [4.78, 5) is 25.1. The molecule has 33 heavy (non-hydrogen) atoms. The van der Waals surface area contributed by atoms with Gasteiger partial charge in [-0.25, -0.2) is 13.2 Å². The number of ether oxygens (including phenoxy) is 1. The molecule has 0 radical (unpaired) electrons. The second-order valence-electron chi connectivity index (χ2n) is 8.94. The minimum absolute atomic E-state index is 0.0260. The summed E-state index contributed by atoms with van der Waals surface area (Å²) in [5.74, 6) is -1.52. The van der Waals surface area contributed by atoms with E-state index in [0.29, 0.717) is 43.5 Å². The fourth-order valence-electron chi connectivity index (χ4n) is 3.76. The number of hydrogen-bond acceptors (Lipinski definition) is 9. The highest BCUT2D eigenvalue weighted by Crippen LogP contribution is 2.30. The van der Waals surface area contributed by atoms with Crippen LogP contribution in [0.2, 0.25) is 0 Å². The van der Waals surface area contributed by atoms with E-state index in [2.05, 4.69) is 5.32 Å². The minimum atomic E-state index is -3.08. The van der Waals surface area contributed by atoms with Crippen molar-refractivity contribution in [1.82, 2.24) is 0 Å². The predicted octanol–water partition coefficient (Wildman–Crippen LogP) is 1.83. The molecule has 1 aromatic carbocycles. The summed E-state index contributed by atoms with van der Waals surface area (Å²) in [6.45, 7) is 3.89. The van der Waals surface area contributed by atoms with Gasteiger partial charge in [0.05, 0.1) is 11.9 Å². The van der Waals surface area contributed by atoms with Gasteiger partial charge in [-0.1, -0.05) is 6.92 Å². The first-order valence-corrected chi connectivity index (χ1v) is 13.3. The summed E-state index contributed by atoms with van der Waals surface area (Å²) in [5, 5.41) is 34.0. The van der Waals surface area contributed by atoms with Gasteiger partial charge in [-0.2, -0.15) is 0 Å². The van der Waals surface area contributed by atoms with Crippen molar-refractivity contribution >= 4 is 27.3 Å². The fraction of sp³-hybridized carbons (Fsp3) is 0.652. The third-order valence-electron chi connectivity index (χ3n) is 6.01. The monoisotopic (exact) mass is 485 g/mol. The van der Waals surface area contributed by atoms with Gasteiger partial charge in [0.2, 0.25) is 0 Å². The Hall–Kier alpha value is -2.17.